The van der Waals surface area contributed by atoms with Gasteiger partial charge in [0, 0.05) is 18.5 Å². The molecule has 4 bridgehead atoms. The summed E-state index contributed by atoms with van der Waals surface area (Å²) in [5, 5.41) is 9.59. The summed E-state index contributed by atoms with van der Waals surface area (Å²) in [6, 6.07) is 0. The van der Waals surface area contributed by atoms with Gasteiger partial charge in [-0.1, -0.05) is 23.1 Å². The molecule has 5 nitrogen and oxygen atoms in total. The van der Waals surface area contributed by atoms with Gasteiger partial charge in [0.05, 0.1) is 19.0 Å². The lowest BCUT2D eigenvalue weighted by Crippen LogP contribution is -2.50. The zero-order valence-electron chi connectivity index (χ0n) is 14.5. The van der Waals surface area contributed by atoms with Gasteiger partial charge >= 0.3 is 0 Å². The molecule has 1 aliphatic heterocycles. The molecular formula is C18H25N3O2S2. The fraction of sp³-hybridized carbons (Fsp3) is 0.833. The first-order valence-electron chi connectivity index (χ1n) is 9.52. The van der Waals surface area contributed by atoms with E-state index in [-0.39, 0.29) is 5.41 Å². The van der Waals surface area contributed by atoms with Gasteiger partial charge in [0.1, 0.15) is 5.78 Å². The van der Waals surface area contributed by atoms with Crippen LogP contribution >= 0.6 is 23.1 Å². The molecule has 7 heteroatoms. The Kier molecular flexibility index (Phi) is 4.29. The van der Waals surface area contributed by atoms with Crippen molar-refractivity contribution in [2.45, 2.75) is 42.9 Å². The Hall–Kier alpha value is -0.660. The average Bonchev–Trinajstić information content (AvgIpc) is 3.08. The maximum absolute atomic E-state index is 13.1. The van der Waals surface area contributed by atoms with Crippen molar-refractivity contribution in [2.75, 3.05) is 37.0 Å². The smallest absolute Gasteiger partial charge is 0.209 e. The molecule has 5 fully saturated rings. The molecule has 25 heavy (non-hydrogen) atoms. The maximum atomic E-state index is 13.1. The second-order valence-electron chi connectivity index (χ2n) is 8.36. The van der Waals surface area contributed by atoms with E-state index < -0.39 is 0 Å². The van der Waals surface area contributed by atoms with E-state index in [9.17, 15) is 4.79 Å². The molecule has 0 spiro atoms. The lowest BCUT2D eigenvalue weighted by atomic mass is 9.48. The van der Waals surface area contributed by atoms with E-state index in [1.165, 1.54) is 19.3 Å². The first-order valence-corrected chi connectivity index (χ1v) is 11.3. The Labute approximate surface area is 156 Å². The summed E-state index contributed by atoms with van der Waals surface area (Å²) in [5.74, 6) is 3.54. The molecule has 2 heterocycles. The highest BCUT2D eigenvalue weighted by molar-refractivity contribution is 8.01. The average molecular weight is 380 g/mol. The molecule has 6 rings (SSSR count). The highest BCUT2D eigenvalue weighted by Gasteiger charge is 2.54. The Balaban J connectivity index is 1.21. The van der Waals surface area contributed by atoms with Crippen LogP contribution < -0.4 is 4.90 Å². The normalized spacial score (nSPS) is 36.8. The molecule has 136 valence electrons. The van der Waals surface area contributed by atoms with Crippen molar-refractivity contribution in [3.05, 3.63) is 0 Å². The van der Waals surface area contributed by atoms with Crippen LogP contribution in [0.2, 0.25) is 0 Å². The van der Waals surface area contributed by atoms with Crippen LogP contribution in [0.25, 0.3) is 0 Å². The molecule has 0 radical (unpaired) electrons. The molecule has 4 aliphatic carbocycles. The summed E-state index contributed by atoms with van der Waals surface area (Å²) in [6.07, 6.45) is 7.64. The predicted octanol–water partition coefficient (Wildman–Crippen LogP) is 3.25. The number of hydrogen-bond acceptors (Lipinski definition) is 7. The maximum Gasteiger partial charge on any atom is 0.209 e. The number of rotatable bonds is 5. The molecule has 1 aromatic rings. The Morgan fingerprint density at radius 3 is 2.40 bits per heavy atom. The van der Waals surface area contributed by atoms with E-state index in [0.717, 1.165) is 72.8 Å². The van der Waals surface area contributed by atoms with E-state index >= 15 is 0 Å². The number of hydrogen-bond donors (Lipinski definition) is 0. The molecule has 1 aromatic heterocycles. The van der Waals surface area contributed by atoms with Crippen molar-refractivity contribution in [2.24, 2.45) is 23.2 Å². The van der Waals surface area contributed by atoms with Crippen LogP contribution in [0.15, 0.2) is 4.34 Å². The lowest BCUT2D eigenvalue weighted by Gasteiger charge is -2.56. The van der Waals surface area contributed by atoms with E-state index in [0.29, 0.717) is 11.5 Å². The van der Waals surface area contributed by atoms with Crippen LogP contribution in [0, 0.1) is 23.2 Å². The van der Waals surface area contributed by atoms with Crippen molar-refractivity contribution < 1.29 is 9.53 Å². The Morgan fingerprint density at radius 1 is 1.12 bits per heavy atom. The van der Waals surface area contributed by atoms with E-state index in [4.69, 9.17) is 4.74 Å². The topological polar surface area (TPSA) is 55.3 Å². The second kappa shape index (κ2) is 6.50. The van der Waals surface area contributed by atoms with Crippen LogP contribution in [0.4, 0.5) is 5.13 Å². The molecule has 0 amide bonds. The highest BCUT2D eigenvalue weighted by atomic mass is 32.2. The van der Waals surface area contributed by atoms with Gasteiger partial charge in [-0.05, 0) is 56.3 Å². The number of thioether (sulfide) groups is 1. The number of ketones is 1. The fourth-order valence-corrected chi connectivity index (χ4v) is 7.80. The molecule has 0 aromatic carbocycles. The van der Waals surface area contributed by atoms with Crippen LogP contribution in [0.1, 0.15) is 38.5 Å². The molecule has 1 saturated heterocycles. The number of morpholine rings is 1. The summed E-state index contributed by atoms with van der Waals surface area (Å²) in [6.45, 7) is 3.27. The number of Topliss-reactive ketones (excluding diaryl/α,β-unsaturated/α-hetero) is 1. The first kappa shape index (κ1) is 16.5. The summed E-state index contributed by atoms with van der Waals surface area (Å²) < 4.78 is 6.32. The van der Waals surface area contributed by atoms with Gasteiger partial charge in [0.2, 0.25) is 5.13 Å². The van der Waals surface area contributed by atoms with Crippen LogP contribution in [-0.2, 0) is 9.53 Å². The quantitative estimate of drug-likeness (QED) is 0.732. The summed E-state index contributed by atoms with van der Waals surface area (Å²) in [5.41, 5.74) is 0.0134. The van der Waals surface area contributed by atoms with Gasteiger partial charge in [-0.2, -0.15) is 0 Å². The minimum atomic E-state index is 0.0134. The van der Waals surface area contributed by atoms with Crippen molar-refractivity contribution in [1.82, 2.24) is 10.2 Å². The van der Waals surface area contributed by atoms with Crippen molar-refractivity contribution in [3.8, 4) is 0 Å². The number of ether oxygens (including phenoxy) is 1. The molecule has 4 saturated carbocycles. The van der Waals surface area contributed by atoms with Gasteiger partial charge in [-0.3, -0.25) is 4.79 Å². The number of aromatic nitrogens is 2. The third-order valence-electron chi connectivity index (χ3n) is 6.63. The number of carbonyl (C=O) groups excluding carboxylic acids is 1. The standard InChI is InChI=1S/C18H25N3O2S2/c22-15(18-8-12-5-13(9-18)7-14(6-12)10-18)11-24-17-20-19-16(25-17)21-1-3-23-4-2-21/h12-14H,1-11H2. The largest absolute Gasteiger partial charge is 0.378 e. The van der Waals surface area contributed by atoms with E-state index in [2.05, 4.69) is 15.1 Å². The third kappa shape index (κ3) is 3.12. The zero-order valence-corrected chi connectivity index (χ0v) is 16.1. The van der Waals surface area contributed by atoms with Gasteiger partial charge in [-0.15, -0.1) is 10.2 Å². The highest BCUT2D eigenvalue weighted by Crippen LogP contribution is 2.60. The van der Waals surface area contributed by atoms with Gasteiger partial charge < -0.3 is 9.64 Å². The molecular weight excluding hydrogens is 354 g/mol. The van der Waals surface area contributed by atoms with Gasteiger partial charge in [0.25, 0.3) is 0 Å². The molecule has 0 atom stereocenters. The Morgan fingerprint density at radius 2 is 1.76 bits per heavy atom. The minimum Gasteiger partial charge on any atom is -0.378 e. The van der Waals surface area contributed by atoms with E-state index in [1.54, 1.807) is 23.1 Å². The fourth-order valence-electron chi connectivity index (χ4n) is 5.88. The minimum absolute atomic E-state index is 0.0134. The van der Waals surface area contributed by atoms with Crippen molar-refractivity contribution in [3.63, 3.8) is 0 Å². The van der Waals surface area contributed by atoms with Crippen molar-refractivity contribution in [1.29, 1.82) is 0 Å². The summed E-state index contributed by atoms with van der Waals surface area (Å²) in [7, 11) is 0. The Bertz CT molecular complexity index is 621. The van der Waals surface area contributed by atoms with Crippen LogP contribution in [-0.4, -0.2) is 48.0 Å². The summed E-state index contributed by atoms with van der Waals surface area (Å²) >= 11 is 3.22. The zero-order chi connectivity index (χ0) is 16.9. The predicted molar refractivity (Wildman–Crippen MR) is 99.3 cm³/mol. The first-order chi connectivity index (χ1) is 12.2. The molecule has 0 unspecified atom stereocenters. The van der Waals surface area contributed by atoms with E-state index in [1.807, 2.05) is 0 Å². The van der Waals surface area contributed by atoms with Crippen LogP contribution in [0.3, 0.4) is 0 Å². The SMILES string of the molecule is O=C(CSc1nnc(N2CCOCC2)s1)C12CC3CC(CC(C3)C1)C2. The number of carbonyl (C=O) groups is 1. The molecule has 0 N–H and O–H groups in total. The number of nitrogens with zero attached hydrogens (tertiary/aromatic N) is 3. The summed E-state index contributed by atoms with van der Waals surface area (Å²) in [4.78, 5) is 15.3. The molecule has 5 aliphatic rings. The van der Waals surface area contributed by atoms with Gasteiger partial charge in [-0.25, -0.2) is 0 Å². The lowest BCUT2D eigenvalue weighted by molar-refractivity contribution is -0.141. The van der Waals surface area contributed by atoms with Gasteiger partial charge in [0.15, 0.2) is 4.34 Å². The third-order valence-corrected chi connectivity index (χ3v) is 8.75. The monoisotopic (exact) mass is 379 g/mol. The van der Waals surface area contributed by atoms with Crippen molar-refractivity contribution >= 4 is 34.0 Å². The number of anilines is 1. The van der Waals surface area contributed by atoms with Crippen LogP contribution in [0.5, 0.6) is 0 Å². The second-order valence-corrected chi connectivity index (χ2v) is 10.5.